The van der Waals surface area contributed by atoms with Crippen LogP contribution in [0.5, 0.6) is 0 Å². The third-order valence-electron chi connectivity index (χ3n) is 3.43. The quantitative estimate of drug-likeness (QED) is 0.858. The summed E-state index contributed by atoms with van der Waals surface area (Å²) >= 11 is 0. The lowest BCUT2D eigenvalue weighted by Gasteiger charge is -2.14. The van der Waals surface area contributed by atoms with E-state index in [-0.39, 0.29) is 12.5 Å². The molecule has 1 heterocycles. The smallest absolute Gasteiger partial charge is 0.220 e. The Balaban J connectivity index is 1.77. The van der Waals surface area contributed by atoms with Crippen molar-refractivity contribution in [2.24, 2.45) is 0 Å². The number of rotatable bonds is 6. The van der Waals surface area contributed by atoms with Crippen molar-refractivity contribution in [3.63, 3.8) is 0 Å². The molecule has 0 saturated carbocycles. The number of aliphatic hydroxyl groups excluding tert-OH is 1. The largest absolute Gasteiger partial charge is 0.466 e. The molecule has 0 aliphatic carbocycles. The Morgan fingerprint density at radius 2 is 2.00 bits per heavy atom. The van der Waals surface area contributed by atoms with Gasteiger partial charge in [-0.05, 0) is 37.1 Å². The van der Waals surface area contributed by atoms with Gasteiger partial charge in [0.15, 0.2) is 0 Å². The van der Waals surface area contributed by atoms with Crippen molar-refractivity contribution < 1.29 is 14.3 Å². The minimum Gasteiger partial charge on any atom is -0.466 e. The van der Waals surface area contributed by atoms with E-state index in [9.17, 15) is 9.90 Å². The first-order valence-corrected chi connectivity index (χ1v) is 7.12. The second-order valence-corrected chi connectivity index (χ2v) is 5.19. The number of hydrogen-bond donors (Lipinski definition) is 2. The summed E-state index contributed by atoms with van der Waals surface area (Å²) in [5, 5.41) is 12.9. The van der Waals surface area contributed by atoms with Crippen molar-refractivity contribution in [1.29, 1.82) is 0 Å². The monoisotopic (exact) mass is 287 g/mol. The third-order valence-corrected chi connectivity index (χ3v) is 3.43. The van der Waals surface area contributed by atoms with Gasteiger partial charge in [-0.25, -0.2) is 0 Å². The van der Waals surface area contributed by atoms with Crippen LogP contribution >= 0.6 is 0 Å². The molecule has 1 unspecified atom stereocenters. The molecule has 0 fully saturated rings. The number of hydrogen-bond acceptors (Lipinski definition) is 3. The summed E-state index contributed by atoms with van der Waals surface area (Å²) in [4.78, 5) is 11.8. The van der Waals surface area contributed by atoms with Gasteiger partial charge in [0.1, 0.15) is 11.5 Å². The van der Waals surface area contributed by atoms with E-state index in [4.69, 9.17) is 4.42 Å². The maximum atomic E-state index is 11.8. The van der Waals surface area contributed by atoms with Crippen molar-refractivity contribution in [3.05, 3.63) is 59.0 Å². The fourth-order valence-electron chi connectivity index (χ4n) is 2.23. The van der Waals surface area contributed by atoms with E-state index < -0.39 is 6.10 Å². The van der Waals surface area contributed by atoms with E-state index in [0.717, 1.165) is 22.6 Å². The first-order chi connectivity index (χ1) is 10.1. The highest BCUT2D eigenvalue weighted by Crippen LogP contribution is 2.16. The van der Waals surface area contributed by atoms with Crippen LogP contribution in [0.25, 0.3) is 0 Å². The highest BCUT2D eigenvalue weighted by atomic mass is 16.3. The Morgan fingerprint density at radius 1 is 1.24 bits per heavy atom. The van der Waals surface area contributed by atoms with Crippen LogP contribution < -0.4 is 5.32 Å². The van der Waals surface area contributed by atoms with Gasteiger partial charge in [0, 0.05) is 19.4 Å². The SMILES string of the molecule is Cc1ccc(CCC(=O)NCC(O)c2ccccc2C)o1. The lowest BCUT2D eigenvalue weighted by atomic mass is 10.0. The van der Waals surface area contributed by atoms with Crippen LogP contribution in [0.4, 0.5) is 0 Å². The highest BCUT2D eigenvalue weighted by molar-refractivity contribution is 5.76. The standard InChI is InChI=1S/C17H21NO3/c1-12-5-3-4-6-15(12)16(19)11-18-17(20)10-9-14-8-7-13(2)21-14/h3-8,16,19H,9-11H2,1-2H3,(H,18,20). The number of furan rings is 1. The molecule has 2 rings (SSSR count). The summed E-state index contributed by atoms with van der Waals surface area (Å²) in [5.74, 6) is 1.57. The maximum Gasteiger partial charge on any atom is 0.220 e. The average Bonchev–Trinajstić information content (AvgIpc) is 2.89. The topological polar surface area (TPSA) is 62.5 Å². The molecule has 0 spiro atoms. The Labute approximate surface area is 124 Å². The van der Waals surface area contributed by atoms with Crippen LogP contribution in [0.15, 0.2) is 40.8 Å². The van der Waals surface area contributed by atoms with E-state index in [1.165, 1.54) is 0 Å². The number of benzene rings is 1. The second kappa shape index (κ2) is 7.09. The van der Waals surface area contributed by atoms with Gasteiger partial charge in [0.05, 0.1) is 6.10 Å². The maximum absolute atomic E-state index is 11.8. The summed E-state index contributed by atoms with van der Waals surface area (Å²) < 4.78 is 5.42. The number of carbonyl (C=O) groups excluding carboxylic acids is 1. The van der Waals surface area contributed by atoms with Crippen molar-refractivity contribution in [2.75, 3.05) is 6.54 Å². The molecule has 0 aliphatic heterocycles. The van der Waals surface area contributed by atoms with Crippen molar-refractivity contribution in [1.82, 2.24) is 5.32 Å². The molecule has 0 aliphatic rings. The van der Waals surface area contributed by atoms with E-state index in [1.807, 2.05) is 50.2 Å². The zero-order chi connectivity index (χ0) is 15.2. The Bertz CT molecular complexity index is 604. The first kappa shape index (κ1) is 15.3. The average molecular weight is 287 g/mol. The van der Waals surface area contributed by atoms with Gasteiger partial charge < -0.3 is 14.8 Å². The Morgan fingerprint density at radius 3 is 2.67 bits per heavy atom. The predicted octanol–water partition coefficient (Wildman–Crippen LogP) is 2.68. The van der Waals surface area contributed by atoms with Crippen molar-refractivity contribution in [2.45, 2.75) is 32.8 Å². The molecule has 0 radical (unpaired) electrons. The van der Waals surface area contributed by atoms with Gasteiger partial charge in [-0.15, -0.1) is 0 Å². The predicted molar refractivity (Wildman–Crippen MR) is 80.9 cm³/mol. The molecule has 112 valence electrons. The molecule has 0 bridgehead atoms. The number of aliphatic hydroxyl groups is 1. The van der Waals surface area contributed by atoms with Crippen LogP contribution in [0, 0.1) is 13.8 Å². The van der Waals surface area contributed by atoms with Crippen LogP contribution in [-0.2, 0) is 11.2 Å². The second-order valence-electron chi connectivity index (χ2n) is 5.19. The van der Waals surface area contributed by atoms with Crippen LogP contribution in [0.1, 0.15) is 35.2 Å². The lowest BCUT2D eigenvalue weighted by Crippen LogP contribution is -2.28. The van der Waals surface area contributed by atoms with Crippen molar-refractivity contribution in [3.8, 4) is 0 Å². The molecule has 1 aromatic carbocycles. The molecule has 4 heteroatoms. The molecule has 1 aromatic heterocycles. The van der Waals surface area contributed by atoms with Crippen LogP contribution in [-0.4, -0.2) is 17.6 Å². The molecule has 2 aromatic rings. The molecule has 0 saturated heterocycles. The molecular weight excluding hydrogens is 266 g/mol. The van der Waals surface area contributed by atoms with Gasteiger partial charge in [0.25, 0.3) is 0 Å². The normalized spacial score (nSPS) is 12.1. The molecule has 2 N–H and O–H groups in total. The van der Waals surface area contributed by atoms with Gasteiger partial charge in [-0.1, -0.05) is 24.3 Å². The van der Waals surface area contributed by atoms with Crippen molar-refractivity contribution >= 4 is 5.91 Å². The molecule has 21 heavy (non-hydrogen) atoms. The summed E-state index contributed by atoms with van der Waals surface area (Å²) in [6, 6.07) is 11.4. The summed E-state index contributed by atoms with van der Waals surface area (Å²) in [6.07, 6.45) is 0.245. The first-order valence-electron chi connectivity index (χ1n) is 7.12. The summed E-state index contributed by atoms with van der Waals surface area (Å²) in [5.41, 5.74) is 1.87. The Kier molecular flexibility index (Phi) is 5.17. The van der Waals surface area contributed by atoms with E-state index >= 15 is 0 Å². The number of nitrogens with one attached hydrogen (secondary N) is 1. The number of aryl methyl sites for hydroxylation is 3. The van der Waals surface area contributed by atoms with Gasteiger partial charge in [0.2, 0.25) is 5.91 Å². The van der Waals surface area contributed by atoms with E-state index in [0.29, 0.717) is 12.8 Å². The highest BCUT2D eigenvalue weighted by Gasteiger charge is 2.11. The summed E-state index contributed by atoms with van der Waals surface area (Å²) in [6.45, 7) is 4.04. The van der Waals surface area contributed by atoms with E-state index in [2.05, 4.69) is 5.32 Å². The zero-order valence-corrected chi connectivity index (χ0v) is 12.4. The molecular formula is C17H21NO3. The molecule has 1 atom stereocenters. The van der Waals surface area contributed by atoms with Crippen LogP contribution in [0.3, 0.4) is 0 Å². The Hall–Kier alpha value is -2.07. The summed E-state index contributed by atoms with van der Waals surface area (Å²) in [7, 11) is 0. The fraction of sp³-hybridized carbons (Fsp3) is 0.353. The third kappa shape index (κ3) is 4.46. The van der Waals surface area contributed by atoms with Gasteiger partial charge >= 0.3 is 0 Å². The molecule has 1 amide bonds. The zero-order valence-electron chi connectivity index (χ0n) is 12.4. The minimum absolute atomic E-state index is 0.0864. The lowest BCUT2D eigenvalue weighted by molar-refractivity contribution is -0.121. The van der Waals surface area contributed by atoms with Gasteiger partial charge in [-0.3, -0.25) is 4.79 Å². The fourth-order valence-corrected chi connectivity index (χ4v) is 2.23. The van der Waals surface area contributed by atoms with Crippen LogP contribution in [0.2, 0.25) is 0 Å². The van der Waals surface area contributed by atoms with E-state index in [1.54, 1.807) is 0 Å². The molecule has 4 nitrogen and oxygen atoms in total. The minimum atomic E-state index is -0.680. The number of carbonyl (C=O) groups is 1. The number of amides is 1. The van der Waals surface area contributed by atoms with Gasteiger partial charge in [-0.2, -0.15) is 0 Å².